The highest BCUT2D eigenvalue weighted by Crippen LogP contribution is 2.15. The van der Waals surface area contributed by atoms with Crippen LogP contribution < -0.4 is 85.1 Å². The predicted molar refractivity (Wildman–Crippen MR) is 563 cm³/mol. The van der Waals surface area contributed by atoms with Crippen LogP contribution in [0.25, 0.3) is 0 Å². The number of hydrogen-bond acceptors (Lipinski definition) is 32. The Kier molecular flexibility index (Phi) is 102. The highest BCUT2D eigenvalue weighted by Gasteiger charge is 2.26. The molecule has 47 heteroatoms. The maximum atomic E-state index is 14.6. The molecule has 0 bridgehead atoms. The van der Waals surface area contributed by atoms with Crippen LogP contribution in [0.1, 0.15) is 250 Å². The fourth-order valence-corrected chi connectivity index (χ4v) is 14.6. The third-order valence-corrected chi connectivity index (χ3v) is 22.7. The Labute approximate surface area is 891 Å². The van der Waals surface area contributed by atoms with Crippen molar-refractivity contribution in [1.29, 1.82) is 0 Å². The Morgan fingerprint density at radius 3 is 0.620 bits per heavy atom. The molecule has 0 saturated heterocycles. The van der Waals surface area contributed by atoms with Crippen LogP contribution in [0.3, 0.4) is 0 Å². The summed E-state index contributed by atoms with van der Waals surface area (Å²) in [7, 11) is 9.75. The van der Waals surface area contributed by atoms with E-state index < -0.39 is 47.8 Å². The first-order valence-corrected chi connectivity index (χ1v) is 54.6. The predicted octanol–water partition coefficient (Wildman–Crippen LogP) is 2.05. The second-order valence-corrected chi connectivity index (χ2v) is 36.2. The molecule has 0 heterocycles. The molecule has 0 fully saturated rings. The standard InChI is InChI=1S/C103H194N16O31/c1-135-55-24-8-7-18-43-105-96(127)77-86(33-10-20-45-106-95(126)76-85(32-11-21-46-108-100(131)81-147-72-67-142-62-51-112-89(120)36-14-26-57-137-3)116-93(124)40-30-42-104-50-61-141-66-71-146-80-99(130)107-44-19-9-25-56-136-2)118-98(129)79-88(35-13-23-48-110-102(133)83-149-74-69-144-64-53-114-91(122)38-16-28-59-139-5)119-97(128)78-87(34-12-22-47-109-101(132)82-148-73-68-143-63-52-113-90(121)37-15-27-58-138-4)117-94(125)41-31-49-111-103(134)84-150-75-70-145-65-54-115-92(123)39-17-29-60-140-6/h85-88,104H,7-84H2,1-6H3,(H,105,127)(H,106,126)(H,107,130)(H,108,131)(H,109,132)(H,110,133)(H,111,134)(H,112,120)(H,113,121)(H,114,122)(H,115,123)(H,116,124)(H,117,125)(H,118,129)(H,119,128). The van der Waals surface area contributed by atoms with Gasteiger partial charge in [0.15, 0.2) is 0 Å². The molecule has 0 spiro atoms. The van der Waals surface area contributed by atoms with E-state index in [-0.39, 0.29) is 255 Å². The van der Waals surface area contributed by atoms with E-state index in [1.807, 2.05) is 0 Å². The minimum absolute atomic E-state index is 0.0268. The minimum Gasteiger partial charge on any atom is -0.385 e. The van der Waals surface area contributed by atoms with Gasteiger partial charge in [-0.05, 0) is 180 Å². The van der Waals surface area contributed by atoms with Gasteiger partial charge in [0, 0.05) is 249 Å². The minimum atomic E-state index is -0.797. The van der Waals surface area contributed by atoms with Crippen molar-refractivity contribution < 1.29 is 148 Å². The number of carbonyl (C=O) groups is 15. The zero-order valence-corrected chi connectivity index (χ0v) is 91.6. The highest BCUT2D eigenvalue weighted by atomic mass is 16.6. The summed E-state index contributed by atoms with van der Waals surface area (Å²) in [5.41, 5.74) is 0. The number of nitrogens with one attached hydrogen (secondary N) is 16. The van der Waals surface area contributed by atoms with Crippen molar-refractivity contribution in [3.8, 4) is 0 Å². The molecule has 0 aliphatic rings. The van der Waals surface area contributed by atoms with Gasteiger partial charge in [-0.15, -0.1) is 0 Å². The normalized spacial score (nSPS) is 12.0. The van der Waals surface area contributed by atoms with Gasteiger partial charge in [0.1, 0.15) is 33.0 Å². The summed E-state index contributed by atoms with van der Waals surface area (Å²) in [4.78, 5) is 196. The van der Waals surface area contributed by atoms with Gasteiger partial charge < -0.3 is 161 Å². The number of ether oxygens (including phenoxy) is 16. The second kappa shape index (κ2) is 109. The molecule has 0 saturated carbocycles. The van der Waals surface area contributed by atoms with Crippen molar-refractivity contribution in [2.75, 3.05) is 300 Å². The van der Waals surface area contributed by atoms with Crippen LogP contribution in [0, 0.1) is 0 Å². The average molecular weight is 2150 g/mol. The molecule has 4 unspecified atom stereocenters. The molecule has 0 aromatic rings. The van der Waals surface area contributed by atoms with Gasteiger partial charge in [0.25, 0.3) is 0 Å². The molecule has 4 atom stereocenters. The van der Waals surface area contributed by atoms with Crippen molar-refractivity contribution in [3.05, 3.63) is 0 Å². The topological polar surface area (TPSA) is 596 Å². The fraction of sp³-hybridized carbons (Fsp3) is 0.854. The Bertz CT molecular complexity index is 3390. The first-order chi connectivity index (χ1) is 73.0. The van der Waals surface area contributed by atoms with E-state index in [2.05, 4.69) is 85.1 Å². The Morgan fingerprint density at radius 2 is 0.347 bits per heavy atom. The molecule has 872 valence electrons. The SMILES string of the molecule is COCCCCCCNC(=O)CC(CCCCNC(=O)CC(CCCCNC(=O)COCCOCCNC(=O)CCCCOC)NC(=O)CCCNCCOCCOCC(=O)NCCCCCOC)NC(=O)CC(CCCCNC(=O)COCCOCCNC(=O)CCCCOC)NC(=O)CC(CCCCNC(=O)COCCOCCNC(=O)CCCCOC)NC(=O)CCCNC(=O)COCCOCCNC(=O)CCCCOC. The largest absolute Gasteiger partial charge is 0.385 e. The van der Waals surface area contributed by atoms with Crippen LogP contribution in [-0.2, 0) is 148 Å². The molecule has 47 nitrogen and oxygen atoms in total. The molecular weight excluding hydrogens is 1960 g/mol. The van der Waals surface area contributed by atoms with E-state index in [0.717, 1.165) is 70.6 Å². The molecule has 0 aromatic carbocycles. The number of unbranched alkanes of at least 4 members (excludes halogenated alkanes) is 13. The van der Waals surface area contributed by atoms with E-state index >= 15 is 0 Å². The summed E-state index contributed by atoms with van der Waals surface area (Å²) in [5.74, 6) is -4.20. The fourth-order valence-electron chi connectivity index (χ4n) is 14.6. The van der Waals surface area contributed by atoms with Gasteiger partial charge in [0.05, 0.1) is 99.1 Å². The van der Waals surface area contributed by atoms with Crippen molar-refractivity contribution in [2.24, 2.45) is 0 Å². The third-order valence-electron chi connectivity index (χ3n) is 22.7. The molecule has 0 aliphatic carbocycles. The molecule has 15 amide bonds. The van der Waals surface area contributed by atoms with Crippen LogP contribution in [0.5, 0.6) is 0 Å². The quantitative estimate of drug-likeness (QED) is 0.0387. The van der Waals surface area contributed by atoms with Crippen LogP contribution in [0.4, 0.5) is 0 Å². The average Bonchev–Trinajstić information content (AvgIpc) is 0.910. The van der Waals surface area contributed by atoms with Crippen LogP contribution in [0.2, 0.25) is 0 Å². The smallest absolute Gasteiger partial charge is 0.245 e. The van der Waals surface area contributed by atoms with Crippen LogP contribution >= 0.6 is 0 Å². The van der Waals surface area contributed by atoms with E-state index in [9.17, 15) is 71.9 Å². The second-order valence-electron chi connectivity index (χ2n) is 36.2. The summed E-state index contributed by atoms with van der Waals surface area (Å²) in [6, 6.07) is -2.79. The molecule has 0 aliphatic heterocycles. The number of carbonyl (C=O) groups excluding carboxylic acids is 15. The van der Waals surface area contributed by atoms with Gasteiger partial charge in [-0.1, -0.05) is 12.8 Å². The number of amides is 15. The lowest BCUT2D eigenvalue weighted by Crippen LogP contribution is -2.45. The lowest BCUT2D eigenvalue weighted by atomic mass is 10.0. The van der Waals surface area contributed by atoms with Crippen molar-refractivity contribution in [1.82, 2.24) is 85.1 Å². The third kappa shape index (κ3) is 102. The van der Waals surface area contributed by atoms with E-state index in [1.54, 1.807) is 42.7 Å². The molecular formula is C103H194N16O31. The Hall–Kier alpha value is -8.63. The lowest BCUT2D eigenvalue weighted by Gasteiger charge is -2.24. The Balaban J connectivity index is 6.66. The van der Waals surface area contributed by atoms with Gasteiger partial charge in [-0.3, -0.25) is 71.9 Å². The maximum Gasteiger partial charge on any atom is 0.245 e. The van der Waals surface area contributed by atoms with Gasteiger partial charge >= 0.3 is 0 Å². The summed E-state index contributed by atoms with van der Waals surface area (Å²) in [6.07, 6.45) is 18.9. The molecule has 150 heavy (non-hydrogen) atoms. The van der Waals surface area contributed by atoms with Gasteiger partial charge in [-0.2, -0.15) is 0 Å². The van der Waals surface area contributed by atoms with Crippen molar-refractivity contribution in [3.63, 3.8) is 0 Å². The summed E-state index contributed by atoms with van der Waals surface area (Å²) in [5, 5.41) is 46.8. The highest BCUT2D eigenvalue weighted by molar-refractivity contribution is 5.84. The number of rotatable bonds is 113. The van der Waals surface area contributed by atoms with E-state index in [0.29, 0.717) is 247 Å². The lowest BCUT2D eigenvalue weighted by molar-refractivity contribution is -0.127. The zero-order valence-electron chi connectivity index (χ0n) is 91.6. The molecule has 0 aromatic heterocycles. The van der Waals surface area contributed by atoms with Crippen LogP contribution in [-0.4, -0.2) is 412 Å². The first kappa shape index (κ1) is 141. The van der Waals surface area contributed by atoms with Crippen molar-refractivity contribution in [2.45, 2.75) is 275 Å². The number of hydrogen-bond donors (Lipinski definition) is 16. The first-order valence-electron chi connectivity index (χ1n) is 54.6. The van der Waals surface area contributed by atoms with Gasteiger partial charge in [0.2, 0.25) is 88.6 Å². The summed E-state index contributed by atoms with van der Waals surface area (Å²) >= 11 is 0. The molecule has 0 rings (SSSR count). The van der Waals surface area contributed by atoms with Crippen LogP contribution in [0.15, 0.2) is 0 Å². The Morgan fingerprint density at radius 1 is 0.153 bits per heavy atom. The van der Waals surface area contributed by atoms with Gasteiger partial charge in [-0.25, -0.2) is 0 Å². The maximum absolute atomic E-state index is 14.6. The van der Waals surface area contributed by atoms with Crippen molar-refractivity contribution >= 4 is 88.6 Å². The number of methoxy groups -OCH3 is 6. The monoisotopic (exact) mass is 2150 g/mol. The zero-order chi connectivity index (χ0) is 110. The summed E-state index contributed by atoms with van der Waals surface area (Å²) in [6.45, 7) is 10.5. The van der Waals surface area contributed by atoms with E-state index in [4.69, 9.17) is 75.8 Å². The summed E-state index contributed by atoms with van der Waals surface area (Å²) < 4.78 is 85.7. The molecule has 16 N–H and O–H groups in total. The molecule has 0 radical (unpaired) electrons. The van der Waals surface area contributed by atoms with E-state index in [1.165, 1.54) is 0 Å².